The summed E-state index contributed by atoms with van der Waals surface area (Å²) in [5.74, 6) is -1.73. The van der Waals surface area contributed by atoms with Gasteiger partial charge in [0.15, 0.2) is 0 Å². The van der Waals surface area contributed by atoms with Gasteiger partial charge >= 0.3 is 5.97 Å². The Balaban J connectivity index is 1.92. The fraction of sp³-hybridized carbons (Fsp3) is 0.278. The van der Waals surface area contributed by atoms with E-state index in [-0.39, 0.29) is 24.6 Å². The summed E-state index contributed by atoms with van der Waals surface area (Å²) in [6.45, 7) is 1.79. The third-order valence-electron chi connectivity index (χ3n) is 3.45. The van der Waals surface area contributed by atoms with Crippen LogP contribution in [-0.4, -0.2) is 28.0 Å². The number of aromatic nitrogens is 1. The van der Waals surface area contributed by atoms with Crippen LogP contribution in [-0.2, 0) is 22.4 Å². The van der Waals surface area contributed by atoms with Gasteiger partial charge in [-0.25, -0.2) is 14.2 Å². The Kier molecular flexibility index (Phi) is 6.82. The summed E-state index contributed by atoms with van der Waals surface area (Å²) in [7, 11) is 0. The quantitative estimate of drug-likeness (QED) is 0.708. The summed E-state index contributed by atoms with van der Waals surface area (Å²) in [6.07, 6.45) is 4.27. The zero-order valence-corrected chi connectivity index (χ0v) is 14.6. The van der Waals surface area contributed by atoms with E-state index in [9.17, 15) is 14.0 Å². The molecular weight excluding hydrogens is 343 g/mol. The number of amides is 1. The Bertz CT molecular complexity index is 756. The highest BCUT2D eigenvalue weighted by atomic mass is 32.1. The van der Waals surface area contributed by atoms with Gasteiger partial charge in [-0.3, -0.25) is 4.79 Å². The molecule has 5 nitrogen and oxygen atoms in total. The molecule has 2 N–H and O–H groups in total. The van der Waals surface area contributed by atoms with Gasteiger partial charge in [-0.1, -0.05) is 24.3 Å². The molecule has 0 aliphatic heterocycles. The van der Waals surface area contributed by atoms with Gasteiger partial charge in [-0.05, 0) is 31.0 Å². The van der Waals surface area contributed by atoms with Crippen LogP contribution in [0.2, 0.25) is 0 Å². The molecule has 0 bridgehead atoms. The number of thiazole rings is 1. The molecule has 0 saturated carbocycles. The van der Waals surface area contributed by atoms with E-state index in [4.69, 9.17) is 5.11 Å². The molecule has 7 heteroatoms. The standard InChI is InChI=1S/C18H19FN2O3S/c1-2-3-4-15(18(23)24)21-16(22)10-14-11-25-17(20-14)9-12-5-7-13(19)8-6-12/h2-3,5-8,11,15H,4,9-10H2,1H3,(H,21,22)(H,23,24)/b3-2+. The van der Waals surface area contributed by atoms with Crippen LogP contribution < -0.4 is 5.32 Å². The number of nitrogens with zero attached hydrogens (tertiary/aromatic N) is 1. The van der Waals surface area contributed by atoms with Crippen molar-refractivity contribution in [1.82, 2.24) is 10.3 Å². The van der Waals surface area contributed by atoms with Crippen LogP contribution in [0.25, 0.3) is 0 Å². The second kappa shape index (κ2) is 9.08. The second-order valence-electron chi connectivity index (χ2n) is 5.48. The Hall–Kier alpha value is -2.54. The second-order valence-corrected chi connectivity index (χ2v) is 6.42. The lowest BCUT2D eigenvalue weighted by Gasteiger charge is -2.11. The first kappa shape index (κ1) is 18.8. The molecule has 0 fully saturated rings. The first-order chi connectivity index (χ1) is 12.0. The lowest BCUT2D eigenvalue weighted by atomic mass is 10.1. The van der Waals surface area contributed by atoms with E-state index < -0.39 is 12.0 Å². The fourth-order valence-corrected chi connectivity index (χ4v) is 3.02. The lowest BCUT2D eigenvalue weighted by molar-refractivity contribution is -0.141. The third-order valence-corrected chi connectivity index (χ3v) is 4.35. The minimum Gasteiger partial charge on any atom is -0.480 e. The summed E-state index contributed by atoms with van der Waals surface area (Å²) in [5.41, 5.74) is 1.53. The number of carboxylic acid groups (broad SMARTS) is 1. The van der Waals surface area contributed by atoms with E-state index in [1.807, 2.05) is 0 Å². The van der Waals surface area contributed by atoms with Gasteiger partial charge in [0.1, 0.15) is 11.9 Å². The first-order valence-corrected chi connectivity index (χ1v) is 8.67. The van der Waals surface area contributed by atoms with E-state index in [0.29, 0.717) is 12.1 Å². The van der Waals surface area contributed by atoms with Crippen molar-refractivity contribution in [2.45, 2.75) is 32.2 Å². The maximum absolute atomic E-state index is 12.9. The molecule has 0 saturated heterocycles. The van der Waals surface area contributed by atoms with Crippen molar-refractivity contribution in [2.75, 3.05) is 0 Å². The van der Waals surface area contributed by atoms with E-state index in [1.54, 1.807) is 36.6 Å². The molecule has 0 aliphatic rings. The van der Waals surface area contributed by atoms with Crippen molar-refractivity contribution in [3.63, 3.8) is 0 Å². The van der Waals surface area contributed by atoms with Crippen LogP contribution in [0.1, 0.15) is 29.6 Å². The van der Waals surface area contributed by atoms with E-state index in [0.717, 1.165) is 10.6 Å². The Labute approximate surface area is 149 Å². The topological polar surface area (TPSA) is 79.3 Å². The summed E-state index contributed by atoms with van der Waals surface area (Å²) in [5, 5.41) is 14.2. The number of allylic oxidation sites excluding steroid dienone is 1. The highest BCUT2D eigenvalue weighted by Gasteiger charge is 2.19. The molecule has 1 aromatic heterocycles. The summed E-state index contributed by atoms with van der Waals surface area (Å²) >= 11 is 1.42. The molecule has 132 valence electrons. The number of carbonyl (C=O) groups is 2. The van der Waals surface area contributed by atoms with Crippen LogP contribution in [0.5, 0.6) is 0 Å². The summed E-state index contributed by atoms with van der Waals surface area (Å²) < 4.78 is 12.9. The largest absolute Gasteiger partial charge is 0.480 e. The van der Waals surface area contributed by atoms with Gasteiger partial charge in [-0.2, -0.15) is 0 Å². The maximum Gasteiger partial charge on any atom is 0.326 e. The van der Waals surface area contributed by atoms with Gasteiger partial charge in [-0.15, -0.1) is 11.3 Å². The normalized spacial score (nSPS) is 12.2. The molecule has 0 spiro atoms. The first-order valence-electron chi connectivity index (χ1n) is 7.79. The van der Waals surface area contributed by atoms with E-state index in [2.05, 4.69) is 10.3 Å². The lowest BCUT2D eigenvalue weighted by Crippen LogP contribution is -2.41. The minimum atomic E-state index is -1.07. The molecule has 2 rings (SSSR count). The SMILES string of the molecule is C/C=C/CC(NC(=O)Cc1csc(Cc2ccc(F)cc2)n1)C(=O)O. The average Bonchev–Trinajstić information content (AvgIpc) is 3.00. The monoisotopic (exact) mass is 362 g/mol. The Morgan fingerprint density at radius 3 is 2.72 bits per heavy atom. The third kappa shape index (κ3) is 6.11. The number of aliphatic carboxylic acids is 1. The predicted molar refractivity (Wildman–Crippen MR) is 94.0 cm³/mol. The molecule has 1 atom stereocenters. The molecule has 1 unspecified atom stereocenters. The Morgan fingerprint density at radius 1 is 1.36 bits per heavy atom. The highest BCUT2D eigenvalue weighted by molar-refractivity contribution is 7.09. The summed E-state index contributed by atoms with van der Waals surface area (Å²) in [4.78, 5) is 27.5. The van der Waals surface area contributed by atoms with E-state index in [1.165, 1.54) is 23.5 Å². The number of carboxylic acids is 1. The van der Waals surface area contributed by atoms with Crippen molar-refractivity contribution in [2.24, 2.45) is 0 Å². The number of halogens is 1. The number of rotatable bonds is 8. The van der Waals surface area contributed by atoms with Gasteiger partial charge in [0, 0.05) is 11.8 Å². The molecular formula is C18H19FN2O3S. The molecule has 25 heavy (non-hydrogen) atoms. The van der Waals surface area contributed by atoms with Crippen LogP contribution >= 0.6 is 11.3 Å². The molecule has 1 amide bonds. The number of benzene rings is 1. The average molecular weight is 362 g/mol. The number of hydrogen-bond donors (Lipinski definition) is 2. The molecule has 2 aromatic rings. The minimum absolute atomic E-state index is 0.0273. The molecule has 0 aliphatic carbocycles. The van der Waals surface area contributed by atoms with Crippen molar-refractivity contribution in [3.05, 3.63) is 63.9 Å². The van der Waals surface area contributed by atoms with Crippen LogP contribution in [0.15, 0.2) is 41.8 Å². The fourth-order valence-electron chi connectivity index (χ4n) is 2.19. The van der Waals surface area contributed by atoms with Crippen LogP contribution in [0, 0.1) is 5.82 Å². The van der Waals surface area contributed by atoms with Crippen LogP contribution in [0.4, 0.5) is 4.39 Å². The number of nitrogens with one attached hydrogen (secondary N) is 1. The van der Waals surface area contributed by atoms with Crippen molar-refractivity contribution in [1.29, 1.82) is 0 Å². The number of hydrogen-bond acceptors (Lipinski definition) is 4. The summed E-state index contributed by atoms with van der Waals surface area (Å²) in [6, 6.07) is 5.24. The predicted octanol–water partition coefficient (Wildman–Crippen LogP) is 2.95. The zero-order valence-electron chi connectivity index (χ0n) is 13.7. The maximum atomic E-state index is 12.9. The number of carbonyl (C=O) groups excluding carboxylic acids is 1. The zero-order chi connectivity index (χ0) is 18.2. The smallest absolute Gasteiger partial charge is 0.326 e. The van der Waals surface area contributed by atoms with Crippen LogP contribution in [0.3, 0.4) is 0 Å². The highest BCUT2D eigenvalue weighted by Crippen LogP contribution is 2.15. The van der Waals surface area contributed by atoms with Crippen molar-refractivity contribution < 1.29 is 19.1 Å². The van der Waals surface area contributed by atoms with Gasteiger partial charge in [0.05, 0.1) is 17.1 Å². The van der Waals surface area contributed by atoms with Gasteiger partial charge < -0.3 is 10.4 Å². The molecule has 1 heterocycles. The van der Waals surface area contributed by atoms with Gasteiger partial charge in [0.2, 0.25) is 5.91 Å². The van der Waals surface area contributed by atoms with Gasteiger partial charge in [0.25, 0.3) is 0 Å². The molecule has 0 radical (unpaired) electrons. The van der Waals surface area contributed by atoms with E-state index >= 15 is 0 Å². The Morgan fingerprint density at radius 2 is 2.08 bits per heavy atom. The van der Waals surface area contributed by atoms with Crippen molar-refractivity contribution in [3.8, 4) is 0 Å². The van der Waals surface area contributed by atoms with Crippen molar-refractivity contribution >= 4 is 23.2 Å². The molecule has 1 aromatic carbocycles.